The molecule has 3 aromatic rings. The lowest BCUT2D eigenvalue weighted by Gasteiger charge is -2.22. The molecule has 0 radical (unpaired) electrons. The molecule has 0 spiro atoms. The SMILES string of the molecule is CCN(c1ccccc1)c1nc(NCCCOC)cc(-c2ccccc2)n1. The van der Waals surface area contributed by atoms with Crippen LogP contribution in [0, 0.1) is 0 Å². The third-order valence-corrected chi connectivity index (χ3v) is 4.24. The van der Waals surface area contributed by atoms with E-state index in [1.165, 1.54) is 0 Å². The summed E-state index contributed by atoms with van der Waals surface area (Å²) in [6, 6.07) is 22.4. The predicted molar refractivity (Wildman–Crippen MR) is 112 cm³/mol. The standard InChI is InChI=1S/C22H26N4O/c1-3-26(19-13-8-5-9-14-19)22-24-20(18-11-6-4-7-12-18)17-21(25-22)23-15-10-16-27-2/h4-9,11-14,17H,3,10,15-16H2,1-2H3,(H,23,24,25). The molecule has 0 unspecified atom stereocenters. The molecule has 0 saturated heterocycles. The molecule has 1 N–H and O–H groups in total. The van der Waals surface area contributed by atoms with Gasteiger partial charge in [-0.3, -0.25) is 0 Å². The zero-order valence-electron chi connectivity index (χ0n) is 15.9. The van der Waals surface area contributed by atoms with Crippen LogP contribution in [0.1, 0.15) is 13.3 Å². The van der Waals surface area contributed by atoms with Crippen molar-refractivity contribution in [2.75, 3.05) is 37.0 Å². The molecular formula is C22H26N4O. The van der Waals surface area contributed by atoms with Gasteiger partial charge in [-0.15, -0.1) is 0 Å². The van der Waals surface area contributed by atoms with Gasteiger partial charge in [-0.1, -0.05) is 48.5 Å². The molecule has 1 heterocycles. The molecule has 0 fully saturated rings. The van der Waals surface area contributed by atoms with E-state index >= 15 is 0 Å². The minimum atomic E-state index is 0.694. The van der Waals surface area contributed by atoms with E-state index in [1.807, 2.05) is 42.5 Å². The van der Waals surface area contributed by atoms with Crippen LogP contribution in [0.4, 0.5) is 17.5 Å². The van der Waals surface area contributed by atoms with Crippen molar-refractivity contribution in [1.29, 1.82) is 0 Å². The Morgan fingerprint density at radius 3 is 2.33 bits per heavy atom. The zero-order chi connectivity index (χ0) is 18.9. The molecule has 0 amide bonds. The number of hydrogen-bond acceptors (Lipinski definition) is 5. The normalized spacial score (nSPS) is 10.6. The van der Waals surface area contributed by atoms with Gasteiger partial charge >= 0.3 is 0 Å². The van der Waals surface area contributed by atoms with Crippen LogP contribution in [0.25, 0.3) is 11.3 Å². The van der Waals surface area contributed by atoms with Crippen molar-refractivity contribution in [3.63, 3.8) is 0 Å². The van der Waals surface area contributed by atoms with Gasteiger partial charge in [0, 0.05) is 44.1 Å². The second-order valence-electron chi connectivity index (χ2n) is 6.16. The van der Waals surface area contributed by atoms with E-state index in [1.54, 1.807) is 7.11 Å². The molecule has 0 aliphatic heterocycles. The fourth-order valence-corrected chi connectivity index (χ4v) is 2.88. The molecule has 5 nitrogen and oxygen atoms in total. The number of para-hydroxylation sites is 1. The summed E-state index contributed by atoms with van der Waals surface area (Å²) in [5, 5.41) is 3.40. The van der Waals surface area contributed by atoms with Gasteiger partial charge in [-0.05, 0) is 25.5 Å². The monoisotopic (exact) mass is 362 g/mol. The first-order chi connectivity index (χ1) is 13.3. The molecule has 1 aromatic heterocycles. The number of anilines is 3. The van der Waals surface area contributed by atoms with E-state index in [2.05, 4.69) is 41.4 Å². The first kappa shape index (κ1) is 18.9. The van der Waals surface area contributed by atoms with Gasteiger partial charge in [-0.2, -0.15) is 4.98 Å². The van der Waals surface area contributed by atoms with Crippen molar-refractivity contribution in [3.05, 3.63) is 66.7 Å². The summed E-state index contributed by atoms with van der Waals surface area (Å²) in [6.07, 6.45) is 0.923. The summed E-state index contributed by atoms with van der Waals surface area (Å²) in [5.74, 6) is 1.52. The zero-order valence-corrected chi connectivity index (χ0v) is 15.9. The highest BCUT2D eigenvalue weighted by Gasteiger charge is 2.14. The van der Waals surface area contributed by atoms with Gasteiger partial charge in [0.2, 0.25) is 5.95 Å². The number of aromatic nitrogens is 2. The summed E-state index contributed by atoms with van der Waals surface area (Å²) in [6.45, 7) is 4.42. The number of nitrogens with one attached hydrogen (secondary N) is 1. The molecule has 0 aliphatic rings. The average Bonchev–Trinajstić information content (AvgIpc) is 2.73. The van der Waals surface area contributed by atoms with Gasteiger partial charge in [0.15, 0.2) is 0 Å². The highest BCUT2D eigenvalue weighted by Crippen LogP contribution is 2.27. The van der Waals surface area contributed by atoms with E-state index in [0.29, 0.717) is 5.95 Å². The molecule has 140 valence electrons. The highest BCUT2D eigenvalue weighted by molar-refractivity contribution is 5.67. The maximum Gasteiger partial charge on any atom is 0.232 e. The first-order valence-corrected chi connectivity index (χ1v) is 9.31. The largest absolute Gasteiger partial charge is 0.385 e. The summed E-state index contributed by atoms with van der Waals surface area (Å²) in [7, 11) is 1.72. The van der Waals surface area contributed by atoms with E-state index in [-0.39, 0.29) is 0 Å². The molecule has 3 rings (SSSR count). The summed E-state index contributed by atoms with van der Waals surface area (Å²) in [5.41, 5.74) is 3.06. The van der Waals surface area contributed by atoms with Crippen LogP contribution >= 0.6 is 0 Å². The Morgan fingerprint density at radius 2 is 1.67 bits per heavy atom. The summed E-state index contributed by atoms with van der Waals surface area (Å²) in [4.78, 5) is 11.7. The minimum Gasteiger partial charge on any atom is -0.385 e. The van der Waals surface area contributed by atoms with Crippen molar-refractivity contribution in [1.82, 2.24) is 9.97 Å². The van der Waals surface area contributed by atoms with Crippen LogP contribution in [0.2, 0.25) is 0 Å². The Hall–Kier alpha value is -2.92. The number of hydrogen-bond donors (Lipinski definition) is 1. The molecular weight excluding hydrogens is 336 g/mol. The molecule has 0 bridgehead atoms. The van der Waals surface area contributed by atoms with Gasteiger partial charge in [0.25, 0.3) is 0 Å². The molecule has 27 heavy (non-hydrogen) atoms. The number of methoxy groups -OCH3 is 1. The van der Waals surface area contributed by atoms with Crippen LogP contribution in [0.15, 0.2) is 66.7 Å². The van der Waals surface area contributed by atoms with Crippen molar-refractivity contribution < 1.29 is 4.74 Å². The quantitative estimate of drug-likeness (QED) is 0.557. The highest BCUT2D eigenvalue weighted by atomic mass is 16.5. The Bertz CT molecular complexity index is 824. The Kier molecular flexibility index (Phi) is 6.77. The van der Waals surface area contributed by atoms with Crippen LogP contribution in [-0.2, 0) is 4.74 Å². The molecule has 2 aromatic carbocycles. The van der Waals surface area contributed by atoms with Crippen molar-refractivity contribution >= 4 is 17.5 Å². The Morgan fingerprint density at radius 1 is 0.963 bits per heavy atom. The predicted octanol–water partition coefficient (Wildman–Crippen LogP) is 4.75. The third kappa shape index (κ3) is 5.05. The average molecular weight is 362 g/mol. The Labute approximate surface area is 161 Å². The van der Waals surface area contributed by atoms with E-state index in [0.717, 1.165) is 48.9 Å². The molecule has 0 atom stereocenters. The number of benzene rings is 2. The lowest BCUT2D eigenvalue weighted by molar-refractivity contribution is 0.198. The van der Waals surface area contributed by atoms with Crippen molar-refractivity contribution in [2.24, 2.45) is 0 Å². The summed E-state index contributed by atoms with van der Waals surface area (Å²) < 4.78 is 5.13. The van der Waals surface area contributed by atoms with Crippen LogP contribution in [0.3, 0.4) is 0 Å². The van der Waals surface area contributed by atoms with E-state index in [4.69, 9.17) is 14.7 Å². The second-order valence-corrected chi connectivity index (χ2v) is 6.16. The lowest BCUT2D eigenvalue weighted by Crippen LogP contribution is -2.20. The van der Waals surface area contributed by atoms with E-state index < -0.39 is 0 Å². The van der Waals surface area contributed by atoms with Crippen molar-refractivity contribution in [2.45, 2.75) is 13.3 Å². The van der Waals surface area contributed by atoms with Crippen LogP contribution in [0.5, 0.6) is 0 Å². The Balaban J connectivity index is 1.96. The number of nitrogens with zero attached hydrogens (tertiary/aromatic N) is 3. The van der Waals surface area contributed by atoms with Gasteiger partial charge in [0.1, 0.15) is 5.82 Å². The lowest BCUT2D eigenvalue weighted by atomic mass is 10.1. The smallest absolute Gasteiger partial charge is 0.232 e. The second kappa shape index (κ2) is 9.69. The van der Waals surface area contributed by atoms with Crippen LogP contribution < -0.4 is 10.2 Å². The van der Waals surface area contributed by atoms with Gasteiger partial charge in [-0.25, -0.2) is 4.98 Å². The number of ether oxygens (including phenoxy) is 1. The maximum absolute atomic E-state index is 5.13. The van der Waals surface area contributed by atoms with Gasteiger partial charge in [0.05, 0.1) is 5.69 Å². The number of rotatable bonds is 9. The van der Waals surface area contributed by atoms with E-state index in [9.17, 15) is 0 Å². The molecule has 0 saturated carbocycles. The fraction of sp³-hybridized carbons (Fsp3) is 0.273. The van der Waals surface area contributed by atoms with Gasteiger partial charge < -0.3 is 15.0 Å². The minimum absolute atomic E-state index is 0.694. The molecule has 5 heteroatoms. The third-order valence-electron chi connectivity index (χ3n) is 4.24. The molecule has 0 aliphatic carbocycles. The first-order valence-electron chi connectivity index (χ1n) is 9.31. The van der Waals surface area contributed by atoms with Crippen LogP contribution in [-0.4, -0.2) is 36.8 Å². The topological polar surface area (TPSA) is 50.3 Å². The van der Waals surface area contributed by atoms with Crippen molar-refractivity contribution in [3.8, 4) is 11.3 Å². The summed E-state index contributed by atoms with van der Waals surface area (Å²) >= 11 is 0. The fourth-order valence-electron chi connectivity index (χ4n) is 2.88. The maximum atomic E-state index is 5.13.